The van der Waals surface area contributed by atoms with Gasteiger partial charge in [0.25, 0.3) is 11.8 Å². The summed E-state index contributed by atoms with van der Waals surface area (Å²) in [5.41, 5.74) is 1.19. The van der Waals surface area contributed by atoms with E-state index in [0.717, 1.165) is 5.56 Å². The molecule has 0 saturated carbocycles. The molecule has 0 spiro atoms. The number of carbonyl (C=O) groups excluding carboxylic acids is 2. The topological polar surface area (TPSA) is 101 Å². The Morgan fingerprint density at radius 3 is 2.32 bits per heavy atom. The third kappa shape index (κ3) is 5.29. The van der Waals surface area contributed by atoms with Crippen LogP contribution in [0, 0.1) is 11.3 Å². The molecular weight excluding hydrogens is 490 g/mol. The van der Waals surface area contributed by atoms with Crippen LogP contribution in [-0.2, 0) is 10.4 Å². The summed E-state index contributed by atoms with van der Waals surface area (Å²) in [6, 6.07) is 18.0. The predicted octanol–water partition coefficient (Wildman–Crippen LogP) is 3.53. The monoisotopic (exact) mass is 517 g/mol. The van der Waals surface area contributed by atoms with E-state index < -0.39 is 5.60 Å². The van der Waals surface area contributed by atoms with Crippen LogP contribution in [-0.4, -0.2) is 72.0 Å². The molecule has 1 fully saturated rings. The van der Waals surface area contributed by atoms with Crippen LogP contribution in [0.15, 0.2) is 60.8 Å². The van der Waals surface area contributed by atoms with Gasteiger partial charge in [0.05, 0.1) is 16.1 Å². The van der Waals surface area contributed by atoms with Crippen molar-refractivity contribution >= 4 is 29.2 Å². The molecule has 2 heterocycles. The highest BCUT2D eigenvalue weighted by Gasteiger charge is 2.37. The van der Waals surface area contributed by atoms with Crippen molar-refractivity contribution < 1.29 is 14.7 Å². The van der Waals surface area contributed by atoms with E-state index in [1.165, 1.54) is 11.8 Å². The molecule has 0 unspecified atom stereocenters. The molecule has 1 N–H and O–H groups in total. The summed E-state index contributed by atoms with van der Waals surface area (Å²) in [5.74, 6) is -0.000416. The van der Waals surface area contributed by atoms with E-state index >= 15 is 0 Å². The van der Waals surface area contributed by atoms with Crippen molar-refractivity contribution in [2.24, 2.45) is 0 Å². The maximum Gasteiger partial charge on any atom is 0.259 e. The molecule has 2 aromatic carbocycles. The molecule has 8 nitrogen and oxygen atoms in total. The molecule has 1 aliphatic rings. The summed E-state index contributed by atoms with van der Waals surface area (Å²) in [5, 5.41) is 21.1. The van der Waals surface area contributed by atoms with Crippen LogP contribution in [0.3, 0.4) is 0 Å². The van der Waals surface area contributed by atoms with Crippen LogP contribution in [0.1, 0.15) is 28.4 Å². The molecule has 1 aromatic heterocycles. The Balaban J connectivity index is 1.49. The van der Waals surface area contributed by atoms with Crippen molar-refractivity contribution in [3.8, 4) is 17.2 Å². The molecule has 2 amide bonds. The third-order valence-corrected chi connectivity index (χ3v) is 6.86. The highest BCUT2D eigenvalue weighted by atomic mass is 35.5. The minimum absolute atomic E-state index is 0.189. The van der Waals surface area contributed by atoms with Gasteiger partial charge in [-0.3, -0.25) is 9.59 Å². The van der Waals surface area contributed by atoms with Crippen molar-refractivity contribution in [3.63, 3.8) is 0 Å². The lowest BCUT2D eigenvalue weighted by molar-refractivity contribution is -0.150. The third-order valence-electron chi connectivity index (χ3n) is 6.54. The second-order valence-electron chi connectivity index (χ2n) is 9.32. The Kier molecular flexibility index (Phi) is 7.48. The second kappa shape index (κ2) is 10.6. The van der Waals surface area contributed by atoms with E-state index in [1.54, 1.807) is 73.7 Å². The fraction of sp³-hybridized carbons (Fsp3) is 0.286. The minimum Gasteiger partial charge on any atom is -0.376 e. The Hall–Kier alpha value is -3.93. The maximum atomic E-state index is 13.1. The average Bonchev–Trinajstić information content (AvgIpc) is 2.92. The molecule has 0 aliphatic carbocycles. The van der Waals surface area contributed by atoms with Crippen LogP contribution in [0.2, 0.25) is 5.02 Å². The van der Waals surface area contributed by atoms with Crippen LogP contribution in [0.5, 0.6) is 0 Å². The number of amides is 2. The standard InChI is InChI=1S/C28H28ClN5O3/c1-28(37,22-7-5-4-6-8-22)27(36)34-13-11-33(12-14-34)25-20(17-30)15-21(18-31-25)19-9-10-23(24(29)16-19)26(35)32(2)3/h4-10,15-16,18,37H,11-14H2,1-3H3/t28-/m1/s1. The minimum atomic E-state index is -1.62. The fourth-order valence-corrected chi connectivity index (χ4v) is 4.64. The molecule has 9 heteroatoms. The average molecular weight is 518 g/mol. The first-order valence-electron chi connectivity index (χ1n) is 11.9. The first kappa shape index (κ1) is 26.1. The zero-order valence-electron chi connectivity index (χ0n) is 21.0. The van der Waals surface area contributed by atoms with Gasteiger partial charge in [-0.15, -0.1) is 0 Å². The normalized spacial score (nSPS) is 15.0. The predicted molar refractivity (Wildman–Crippen MR) is 142 cm³/mol. The molecular formula is C28H28ClN5O3. The Morgan fingerprint density at radius 1 is 1.05 bits per heavy atom. The summed E-state index contributed by atoms with van der Waals surface area (Å²) >= 11 is 6.36. The van der Waals surface area contributed by atoms with Crippen molar-refractivity contribution in [1.29, 1.82) is 5.26 Å². The van der Waals surface area contributed by atoms with E-state index in [2.05, 4.69) is 11.1 Å². The molecule has 4 rings (SSSR count). The van der Waals surface area contributed by atoms with E-state index in [9.17, 15) is 20.0 Å². The summed E-state index contributed by atoms with van der Waals surface area (Å²) in [7, 11) is 3.33. The van der Waals surface area contributed by atoms with Crippen LogP contribution in [0.25, 0.3) is 11.1 Å². The van der Waals surface area contributed by atoms with Crippen LogP contribution in [0.4, 0.5) is 5.82 Å². The highest BCUT2D eigenvalue weighted by Crippen LogP contribution is 2.30. The SMILES string of the molecule is CN(C)C(=O)c1ccc(-c2cnc(N3CCN(C(=O)[C@](C)(O)c4ccccc4)CC3)c(C#N)c2)cc1Cl. The summed E-state index contributed by atoms with van der Waals surface area (Å²) in [4.78, 5) is 35.0. The van der Waals surface area contributed by atoms with Gasteiger partial charge in [-0.25, -0.2) is 4.98 Å². The number of aromatic nitrogens is 1. The number of nitriles is 1. The van der Waals surface area contributed by atoms with E-state index in [4.69, 9.17) is 11.6 Å². The molecule has 3 aromatic rings. The van der Waals surface area contributed by atoms with Gasteiger partial charge in [0.15, 0.2) is 5.60 Å². The zero-order valence-corrected chi connectivity index (χ0v) is 21.7. The number of hydrogen-bond acceptors (Lipinski definition) is 6. The Bertz CT molecular complexity index is 1360. The molecule has 1 aliphatic heterocycles. The van der Waals surface area contributed by atoms with Crippen molar-refractivity contribution in [2.45, 2.75) is 12.5 Å². The number of nitrogens with zero attached hydrogens (tertiary/aromatic N) is 5. The van der Waals surface area contributed by atoms with Gasteiger partial charge in [-0.05, 0) is 36.2 Å². The maximum absolute atomic E-state index is 13.1. The van der Waals surface area contributed by atoms with Gasteiger partial charge in [0.2, 0.25) is 0 Å². The number of anilines is 1. The van der Waals surface area contributed by atoms with Gasteiger partial charge >= 0.3 is 0 Å². The molecule has 1 saturated heterocycles. The van der Waals surface area contributed by atoms with Gasteiger partial charge in [-0.2, -0.15) is 5.26 Å². The summed E-state index contributed by atoms with van der Waals surface area (Å²) in [6.45, 7) is 3.26. The number of hydrogen-bond donors (Lipinski definition) is 1. The smallest absolute Gasteiger partial charge is 0.259 e. The second-order valence-corrected chi connectivity index (χ2v) is 9.73. The zero-order chi connectivity index (χ0) is 26.7. The first-order chi connectivity index (χ1) is 17.6. The lowest BCUT2D eigenvalue weighted by atomic mass is 9.94. The van der Waals surface area contributed by atoms with E-state index in [-0.39, 0.29) is 11.8 Å². The Morgan fingerprint density at radius 2 is 1.73 bits per heavy atom. The fourth-order valence-electron chi connectivity index (χ4n) is 4.37. The number of piperazine rings is 1. The van der Waals surface area contributed by atoms with E-state index in [1.807, 2.05) is 11.0 Å². The molecule has 37 heavy (non-hydrogen) atoms. The molecule has 0 bridgehead atoms. The Labute approximate surface area is 221 Å². The lowest BCUT2D eigenvalue weighted by Gasteiger charge is -2.38. The van der Waals surface area contributed by atoms with Crippen molar-refractivity contribution in [1.82, 2.24) is 14.8 Å². The first-order valence-corrected chi connectivity index (χ1v) is 12.2. The van der Waals surface area contributed by atoms with Crippen molar-refractivity contribution in [2.75, 3.05) is 45.2 Å². The summed E-state index contributed by atoms with van der Waals surface area (Å²) < 4.78 is 0. The van der Waals surface area contributed by atoms with Gasteiger partial charge in [0.1, 0.15) is 11.9 Å². The largest absolute Gasteiger partial charge is 0.376 e. The molecule has 190 valence electrons. The highest BCUT2D eigenvalue weighted by molar-refractivity contribution is 6.34. The number of benzene rings is 2. The number of rotatable bonds is 5. The van der Waals surface area contributed by atoms with Gasteiger partial charge in [0, 0.05) is 52.0 Å². The van der Waals surface area contributed by atoms with Crippen LogP contribution < -0.4 is 4.90 Å². The lowest BCUT2D eigenvalue weighted by Crippen LogP contribution is -2.54. The van der Waals surface area contributed by atoms with Crippen molar-refractivity contribution in [3.05, 3.63) is 82.5 Å². The van der Waals surface area contributed by atoms with Crippen LogP contribution >= 0.6 is 11.6 Å². The van der Waals surface area contributed by atoms with Gasteiger partial charge < -0.3 is 19.8 Å². The van der Waals surface area contributed by atoms with E-state index in [0.29, 0.717) is 59.3 Å². The molecule has 0 radical (unpaired) electrons. The number of aliphatic hydroxyl groups is 1. The number of carbonyl (C=O) groups is 2. The number of pyridine rings is 1. The summed E-state index contributed by atoms with van der Waals surface area (Å²) in [6.07, 6.45) is 1.67. The quantitative estimate of drug-likeness (QED) is 0.555. The number of halogens is 1. The molecule has 1 atom stereocenters. The van der Waals surface area contributed by atoms with Gasteiger partial charge in [-0.1, -0.05) is 48.0 Å².